The highest BCUT2D eigenvalue weighted by molar-refractivity contribution is 7.90. The summed E-state index contributed by atoms with van der Waals surface area (Å²) < 4.78 is 22.6. The summed E-state index contributed by atoms with van der Waals surface area (Å²) in [6.45, 7) is 3.65. The quantitative estimate of drug-likeness (QED) is 0.823. The SMILES string of the molecule is [CH2]CCc1cc(S(C)(=O)=O)ncc1C(N)=O. The summed E-state index contributed by atoms with van der Waals surface area (Å²) in [4.78, 5) is 14.8. The van der Waals surface area contributed by atoms with Crippen LogP contribution in [0.3, 0.4) is 0 Å². The van der Waals surface area contributed by atoms with Crippen molar-refractivity contribution in [1.82, 2.24) is 4.98 Å². The lowest BCUT2D eigenvalue weighted by Gasteiger charge is -2.06. The van der Waals surface area contributed by atoms with Gasteiger partial charge in [-0.25, -0.2) is 13.4 Å². The van der Waals surface area contributed by atoms with Gasteiger partial charge in [0.15, 0.2) is 14.9 Å². The Labute approximate surface area is 94.6 Å². The van der Waals surface area contributed by atoms with Crippen molar-refractivity contribution in [2.75, 3.05) is 6.26 Å². The molecule has 6 heteroatoms. The lowest BCUT2D eigenvalue weighted by molar-refractivity contribution is 0.0999. The van der Waals surface area contributed by atoms with Crippen LogP contribution in [0.2, 0.25) is 0 Å². The van der Waals surface area contributed by atoms with Gasteiger partial charge >= 0.3 is 0 Å². The number of amides is 1. The topological polar surface area (TPSA) is 90.1 Å². The first-order valence-corrected chi connectivity index (χ1v) is 6.53. The van der Waals surface area contributed by atoms with Gasteiger partial charge in [-0.3, -0.25) is 4.79 Å². The highest BCUT2D eigenvalue weighted by Crippen LogP contribution is 2.14. The summed E-state index contributed by atoms with van der Waals surface area (Å²) in [5.74, 6) is -0.615. The zero-order valence-electron chi connectivity index (χ0n) is 8.93. The first-order chi connectivity index (χ1) is 7.36. The van der Waals surface area contributed by atoms with E-state index < -0.39 is 15.7 Å². The van der Waals surface area contributed by atoms with Crippen molar-refractivity contribution < 1.29 is 13.2 Å². The molecular weight excluding hydrogens is 228 g/mol. The predicted octanol–water partition coefficient (Wildman–Crippen LogP) is 0.351. The lowest BCUT2D eigenvalue weighted by atomic mass is 10.1. The van der Waals surface area contributed by atoms with Gasteiger partial charge in [-0.15, -0.1) is 0 Å². The minimum atomic E-state index is -3.37. The van der Waals surface area contributed by atoms with Gasteiger partial charge in [0, 0.05) is 12.5 Å². The molecule has 1 amide bonds. The second-order valence-corrected chi connectivity index (χ2v) is 5.38. The lowest BCUT2D eigenvalue weighted by Crippen LogP contribution is -2.15. The van der Waals surface area contributed by atoms with Crippen LogP contribution in [0.1, 0.15) is 22.3 Å². The number of carbonyl (C=O) groups is 1. The Bertz CT molecular complexity index is 509. The monoisotopic (exact) mass is 241 g/mol. The van der Waals surface area contributed by atoms with Crippen LogP contribution in [-0.4, -0.2) is 25.6 Å². The maximum atomic E-state index is 11.3. The van der Waals surface area contributed by atoms with Gasteiger partial charge < -0.3 is 5.73 Å². The van der Waals surface area contributed by atoms with Gasteiger partial charge in [0.25, 0.3) is 5.91 Å². The molecular formula is C10H13N2O3S. The molecule has 0 bridgehead atoms. The molecule has 1 radical (unpaired) electrons. The van der Waals surface area contributed by atoms with E-state index >= 15 is 0 Å². The van der Waals surface area contributed by atoms with Crippen LogP contribution in [0.4, 0.5) is 0 Å². The average Bonchev–Trinajstić information content (AvgIpc) is 2.16. The molecule has 0 saturated heterocycles. The zero-order valence-corrected chi connectivity index (χ0v) is 9.75. The summed E-state index contributed by atoms with van der Waals surface area (Å²) in [6.07, 6.45) is 3.30. The third-order valence-corrected chi connectivity index (χ3v) is 3.04. The van der Waals surface area contributed by atoms with Crippen molar-refractivity contribution in [2.45, 2.75) is 17.9 Å². The third-order valence-electron chi connectivity index (χ3n) is 2.06. The second kappa shape index (κ2) is 4.61. The Morgan fingerprint density at radius 1 is 1.56 bits per heavy atom. The van der Waals surface area contributed by atoms with Crippen LogP contribution in [0, 0.1) is 6.92 Å². The second-order valence-electron chi connectivity index (χ2n) is 3.42. The van der Waals surface area contributed by atoms with Gasteiger partial charge in [0.1, 0.15) is 0 Å². The maximum Gasteiger partial charge on any atom is 0.250 e. The molecule has 0 aliphatic carbocycles. The van der Waals surface area contributed by atoms with Crippen molar-refractivity contribution in [3.05, 3.63) is 30.3 Å². The fourth-order valence-electron chi connectivity index (χ4n) is 1.30. The molecule has 0 unspecified atom stereocenters. The normalized spacial score (nSPS) is 11.4. The van der Waals surface area contributed by atoms with Crippen LogP contribution in [0.15, 0.2) is 17.3 Å². The van der Waals surface area contributed by atoms with Gasteiger partial charge in [0.05, 0.1) is 5.56 Å². The molecule has 87 valence electrons. The minimum Gasteiger partial charge on any atom is -0.366 e. The first kappa shape index (κ1) is 12.6. The summed E-state index contributed by atoms with van der Waals surface area (Å²) in [5.41, 5.74) is 5.97. The standard InChI is InChI=1S/C10H13N2O3S/c1-3-4-7-5-9(16(2,14)15)12-6-8(7)10(11)13/h5-6H,1,3-4H2,2H3,(H2,11,13). The van der Waals surface area contributed by atoms with E-state index in [1.54, 1.807) is 0 Å². The molecule has 0 fully saturated rings. The number of rotatable bonds is 4. The van der Waals surface area contributed by atoms with Crippen LogP contribution in [0.5, 0.6) is 0 Å². The van der Waals surface area contributed by atoms with Crippen molar-refractivity contribution >= 4 is 15.7 Å². The Morgan fingerprint density at radius 3 is 2.62 bits per heavy atom. The van der Waals surface area contributed by atoms with E-state index in [0.717, 1.165) is 6.26 Å². The molecule has 1 heterocycles. The van der Waals surface area contributed by atoms with Gasteiger partial charge in [-0.2, -0.15) is 0 Å². The van der Waals surface area contributed by atoms with Crippen LogP contribution >= 0.6 is 0 Å². The molecule has 5 nitrogen and oxygen atoms in total. The number of hydrogen-bond donors (Lipinski definition) is 1. The van der Waals surface area contributed by atoms with E-state index in [1.807, 2.05) is 0 Å². The smallest absolute Gasteiger partial charge is 0.250 e. The number of sulfone groups is 1. The summed E-state index contributed by atoms with van der Waals surface area (Å²) >= 11 is 0. The number of aryl methyl sites for hydroxylation is 1. The van der Waals surface area contributed by atoms with E-state index in [0.29, 0.717) is 18.4 Å². The van der Waals surface area contributed by atoms with Crippen molar-refractivity contribution in [1.29, 1.82) is 0 Å². The molecule has 1 aromatic rings. The van der Waals surface area contributed by atoms with Crippen LogP contribution in [0.25, 0.3) is 0 Å². The van der Waals surface area contributed by atoms with Crippen molar-refractivity contribution in [3.63, 3.8) is 0 Å². The Kier molecular flexibility index (Phi) is 3.64. The van der Waals surface area contributed by atoms with Gasteiger partial charge in [0.2, 0.25) is 0 Å². The summed E-state index contributed by atoms with van der Waals surface area (Å²) in [6, 6.07) is 1.38. The number of nitrogens with zero attached hydrogens (tertiary/aromatic N) is 1. The van der Waals surface area contributed by atoms with E-state index in [-0.39, 0.29) is 10.6 Å². The Morgan fingerprint density at radius 2 is 2.19 bits per heavy atom. The number of carbonyl (C=O) groups excluding carboxylic acids is 1. The van der Waals surface area contributed by atoms with E-state index in [1.165, 1.54) is 12.3 Å². The van der Waals surface area contributed by atoms with Crippen LogP contribution < -0.4 is 5.73 Å². The highest BCUT2D eigenvalue weighted by atomic mass is 32.2. The minimum absolute atomic E-state index is 0.0547. The highest BCUT2D eigenvalue weighted by Gasteiger charge is 2.14. The van der Waals surface area contributed by atoms with Gasteiger partial charge in [-0.1, -0.05) is 6.92 Å². The van der Waals surface area contributed by atoms with Crippen LogP contribution in [-0.2, 0) is 16.3 Å². The van der Waals surface area contributed by atoms with E-state index in [9.17, 15) is 13.2 Å². The average molecular weight is 241 g/mol. The summed E-state index contributed by atoms with van der Waals surface area (Å²) in [5, 5.41) is -0.0547. The number of primary amides is 1. The zero-order chi connectivity index (χ0) is 12.3. The van der Waals surface area contributed by atoms with Crippen molar-refractivity contribution in [2.24, 2.45) is 5.73 Å². The molecule has 0 saturated carbocycles. The molecule has 0 spiro atoms. The largest absolute Gasteiger partial charge is 0.366 e. The summed E-state index contributed by atoms with van der Waals surface area (Å²) in [7, 11) is -3.37. The van der Waals surface area contributed by atoms with Gasteiger partial charge in [-0.05, 0) is 24.5 Å². The molecule has 2 N–H and O–H groups in total. The Balaban J connectivity index is 3.33. The third kappa shape index (κ3) is 2.79. The fraction of sp³-hybridized carbons (Fsp3) is 0.300. The molecule has 16 heavy (non-hydrogen) atoms. The number of pyridine rings is 1. The molecule has 0 aliphatic heterocycles. The van der Waals surface area contributed by atoms with E-state index in [2.05, 4.69) is 11.9 Å². The number of nitrogens with two attached hydrogens (primary N) is 1. The molecule has 1 aromatic heterocycles. The van der Waals surface area contributed by atoms with Crippen molar-refractivity contribution in [3.8, 4) is 0 Å². The first-order valence-electron chi connectivity index (χ1n) is 4.64. The molecule has 0 atom stereocenters. The maximum absolute atomic E-state index is 11.3. The number of aromatic nitrogens is 1. The number of hydrogen-bond acceptors (Lipinski definition) is 4. The predicted molar refractivity (Wildman–Crippen MR) is 59.5 cm³/mol. The molecule has 1 rings (SSSR count). The van der Waals surface area contributed by atoms with E-state index in [4.69, 9.17) is 5.73 Å². The molecule has 0 aliphatic rings. The fourth-order valence-corrected chi connectivity index (χ4v) is 1.90. The molecule has 0 aromatic carbocycles. The Hall–Kier alpha value is -1.43.